The third-order valence-corrected chi connectivity index (χ3v) is 5.49. The molecular weight excluding hydrogens is 358 g/mol. The summed E-state index contributed by atoms with van der Waals surface area (Å²) in [7, 11) is -1.15. The number of carbonyl (C=O) groups is 1. The lowest BCUT2D eigenvalue weighted by atomic mass is 10.2. The second-order valence-corrected chi connectivity index (χ2v) is 7.29. The van der Waals surface area contributed by atoms with Crippen molar-refractivity contribution < 1.29 is 22.7 Å². The quantitative estimate of drug-likeness (QED) is 0.425. The number of carbonyl (C=O) groups excluding carboxylic acids is 1. The van der Waals surface area contributed by atoms with E-state index in [1.807, 2.05) is 12.3 Å². The molecule has 0 fully saturated rings. The SMILES string of the molecule is COc1ccc(N(CC(=O)NN)S(=O)(=O)c2ccc(C)cc2)c(OC)c1. The van der Waals surface area contributed by atoms with Crippen molar-refractivity contribution in [1.82, 2.24) is 5.43 Å². The Morgan fingerprint density at radius 2 is 1.77 bits per heavy atom. The van der Waals surface area contributed by atoms with Gasteiger partial charge in [0.15, 0.2) is 0 Å². The number of hydrazine groups is 1. The number of rotatable bonds is 7. The van der Waals surface area contributed by atoms with Gasteiger partial charge in [0.05, 0.1) is 24.8 Å². The Hall–Kier alpha value is -2.78. The smallest absolute Gasteiger partial charge is 0.264 e. The van der Waals surface area contributed by atoms with Crippen LogP contribution in [0, 0.1) is 6.92 Å². The van der Waals surface area contributed by atoms with Crippen LogP contribution in [0.15, 0.2) is 47.4 Å². The fourth-order valence-electron chi connectivity index (χ4n) is 2.30. The number of amides is 1. The molecule has 0 radical (unpaired) electrons. The van der Waals surface area contributed by atoms with Crippen molar-refractivity contribution in [3.8, 4) is 11.5 Å². The number of methoxy groups -OCH3 is 2. The molecular formula is C17H21N3O5S. The Morgan fingerprint density at radius 1 is 1.12 bits per heavy atom. The van der Waals surface area contributed by atoms with E-state index in [9.17, 15) is 13.2 Å². The minimum Gasteiger partial charge on any atom is -0.497 e. The maximum atomic E-state index is 13.1. The van der Waals surface area contributed by atoms with Crippen molar-refractivity contribution in [2.24, 2.45) is 5.84 Å². The average molecular weight is 379 g/mol. The Morgan fingerprint density at radius 3 is 2.31 bits per heavy atom. The zero-order chi connectivity index (χ0) is 19.3. The lowest BCUT2D eigenvalue weighted by molar-refractivity contribution is -0.119. The number of aryl methyl sites for hydroxylation is 1. The van der Waals surface area contributed by atoms with Crippen LogP contribution in [-0.4, -0.2) is 35.1 Å². The molecule has 140 valence electrons. The van der Waals surface area contributed by atoms with Gasteiger partial charge in [0, 0.05) is 6.07 Å². The maximum Gasteiger partial charge on any atom is 0.264 e. The molecule has 2 aromatic carbocycles. The first kappa shape index (κ1) is 19.5. The summed E-state index contributed by atoms with van der Waals surface area (Å²) in [6.45, 7) is 1.35. The molecule has 0 spiro atoms. The number of sulfonamides is 1. The molecule has 0 aliphatic carbocycles. The molecule has 8 nitrogen and oxygen atoms in total. The molecule has 0 aliphatic heterocycles. The second kappa shape index (κ2) is 8.07. The highest BCUT2D eigenvalue weighted by Gasteiger charge is 2.29. The number of ether oxygens (including phenoxy) is 2. The molecule has 3 N–H and O–H groups in total. The number of hydrogen-bond acceptors (Lipinski definition) is 6. The fourth-order valence-corrected chi connectivity index (χ4v) is 3.74. The van der Waals surface area contributed by atoms with Crippen LogP contribution in [-0.2, 0) is 14.8 Å². The maximum absolute atomic E-state index is 13.1. The molecule has 2 aromatic rings. The standard InChI is InChI=1S/C17H21N3O5S/c1-12-4-7-14(8-5-12)26(22,23)20(11-17(21)19-18)15-9-6-13(24-2)10-16(15)25-3/h4-10H,11,18H2,1-3H3,(H,19,21). The number of anilines is 1. The second-order valence-electron chi connectivity index (χ2n) is 5.43. The van der Waals surface area contributed by atoms with E-state index in [1.165, 1.54) is 38.5 Å². The molecule has 1 amide bonds. The van der Waals surface area contributed by atoms with Crippen LogP contribution in [0.4, 0.5) is 5.69 Å². The molecule has 2 rings (SSSR count). The van der Waals surface area contributed by atoms with Gasteiger partial charge in [0.1, 0.15) is 18.0 Å². The van der Waals surface area contributed by atoms with Crippen LogP contribution >= 0.6 is 0 Å². The van der Waals surface area contributed by atoms with Crippen LogP contribution in [0.5, 0.6) is 11.5 Å². The normalized spacial score (nSPS) is 10.9. The van der Waals surface area contributed by atoms with Crippen LogP contribution < -0.4 is 25.0 Å². The topological polar surface area (TPSA) is 111 Å². The molecule has 0 unspecified atom stereocenters. The number of nitrogens with two attached hydrogens (primary N) is 1. The predicted octanol–water partition coefficient (Wildman–Crippen LogP) is 1.20. The molecule has 0 bridgehead atoms. The van der Waals surface area contributed by atoms with Gasteiger partial charge in [-0.15, -0.1) is 0 Å². The lowest BCUT2D eigenvalue weighted by Crippen LogP contribution is -2.43. The van der Waals surface area contributed by atoms with Gasteiger partial charge in [-0.05, 0) is 31.2 Å². The van der Waals surface area contributed by atoms with Crippen LogP contribution in [0.1, 0.15) is 5.56 Å². The third-order valence-electron chi connectivity index (χ3n) is 3.71. The zero-order valence-electron chi connectivity index (χ0n) is 14.7. The largest absolute Gasteiger partial charge is 0.497 e. The molecule has 0 saturated heterocycles. The molecule has 0 aromatic heterocycles. The Labute approximate surface area is 152 Å². The minimum atomic E-state index is -4.03. The summed E-state index contributed by atoms with van der Waals surface area (Å²) in [5.74, 6) is 5.20. The van der Waals surface area contributed by atoms with Crippen LogP contribution in [0.2, 0.25) is 0 Å². The van der Waals surface area contributed by atoms with E-state index in [0.717, 1.165) is 9.87 Å². The minimum absolute atomic E-state index is 0.0470. The van der Waals surface area contributed by atoms with E-state index in [0.29, 0.717) is 5.75 Å². The highest BCUT2D eigenvalue weighted by atomic mass is 32.2. The first-order chi connectivity index (χ1) is 12.3. The third kappa shape index (κ3) is 4.06. The lowest BCUT2D eigenvalue weighted by Gasteiger charge is -2.25. The monoisotopic (exact) mass is 379 g/mol. The Bertz CT molecular complexity index is 882. The molecule has 0 atom stereocenters. The van der Waals surface area contributed by atoms with Crippen LogP contribution in [0.25, 0.3) is 0 Å². The Kier molecular flexibility index (Phi) is 6.06. The summed E-state index contributed by atoms with van der Waals surface area (Å²) in [5.41, 5.74) is 3.05. The van der Waals surface area contributed by atoms with E-state index in [4.69, 9.17) is 15.3 Å². The average Bonchev–Trinajstić information content (AvgIpc) is 2.65. The zero-order valence-corrected chi connectivity index (χ0v) is 15.5. The highest BCUT2D eigenvalue weighted by Crippen LogP contribution is 2.35. The van der Waals surface area contributed by atoms with Gasteiger partial charge >= 0.3 is 0 Å². The van der Waals surface area contributed by atoms with Gasteiger partial charge in [-0.25, -0.2) is 14.3 Å². The van der Waals surface area contributed by atoms with Gasteiger partial charge in [0.2, 0.25) is 0 Å². The van der Waals surface area contributed by atoms with Gasteiger partial charge in [-0.3, -0.25) is 14.5 Å². The van der Waals surface area contributed by atoms with Gasteiger partial charge in [0.25, 0.3) is 15.9 Å². The summed E-state index contributed by atoms with van der Waals surface area (Å²) in [6, 6.07) is 10.9. The van der Waals surface area contributed by atoms with Crippen molar-refractivity contribution in [1.29, 1.82) is 0 Å². The molecule has 0 aliphatic rings. The summed E-state index contributed by atoms with van der Waals surface area (Å²) < 4.78 is 37.6. The van der Waals surface area contributed by atoms with Crippen molar-refractivity contribution >= 4 is 21.6 Å². The van der Waals surface area contributed by atoms with E-state index in [2.05, 4.69) is 0 Å². The molecule has 26 heavy (non-hydrogen) atoms. The van der Waals surface area contributed by atoms with E-state index in [-0.39, 0.29) is 16.3 Å². The van der Waals surface area contributed by atoms with Crippen molar-refractivity contribution in [3.05, 3.63) is 48.0 Å². The summed E-state index contributed by atoms with van der Waals surface area (Å²) in [6.07, 6.45) is 0. The van der Waals surface area contributed by atoms with Gasteiger partial charge in [-0.1, -0.05) is 17.7 Å². The molecule has 0 heterocycles. The highest BCUT2D eigenvalue weighted by molar-refractivity contribution is 7.92. The van der Waals surface area contributed by atoms with Crippen molar-refractivity contribution in [2.45, 2.75) is 11.8 Å². The number of hydrogen-bond donors (Lipinski definition) is 2. The number of benzene rings is 2. The van der Waals surface area contributed by atoms with E-state index >= 15 is 0 Å². The predicted molar refractivity (Wildman–Crippen MR) is 97.6 cm³/mol. The van der Waals surface area contributed by atoms with E-state index < -0.39 is 22.5 Å². The number of nitrogens with one attached hydrogen (secondary N) is 1. The van der Waals surface area contributed by atoms with Gasteiger partial charge < -0.3 is 9.47 Å². The first-order valence-electron chi connectivity index (χ1n) is 7.64. The Balaban J connectivity index is 2.60. The van der Waals surface area contributed by atoms with Crippen molar-refractivity contribution in [2.75, 3.05) is 25.1 Å². The van der Waals surface area contributed by atoms with E-state index in [1.54, 1.807) is 18.2 Å². The van der Waals surface area contributed by atoms with Crippen molar-refractivity contribution in [3.63, 3.8) is 0 Å². The summed E-state index contributed by atoms with van der Waals surface area (Å²) in [5, 5.41) is 0. The fraction of sp³-hybridized carbons (Fsp3) is 0.235. The van der Waals surface area contributed by atoms with Crippen LogP contribution in [0.3, 0.4) is 0 Å². The number of nitrogens with zero attached hydrogens (tertiary/aromatic N) is 1. The first-order valence-corrected chi connectivity index (χ1v) is 9.08. The molecule has 0 saturated carbocycles. The molecule has 9 heteroatoms. The summed E-state index contributed by atoms with van der Waals surface area (Å²) in [4.78, 5) is 11.9. The summed E-state index contributed by atoms with van der Waals surface area (Å²) >= 11 is 0. The van der Waals surface area contributed by atoms with Gasteiger partial charge in [-0.2, -0.15) is 0 Å².